The molecule has 0 unspecified atom stereocenters. The highest BCUT2D eigenvalue weighted by Gasteiger charge is 2.46. The summed E-state index contributed by atoms with van der Waals surface area (Å²) in [6.07, 6.45) is 6.11. The average molecular weight is 564 g/mol. The molecule has 1 aliphatic carbocycles. The summed E-state index contributed by atoms with van der Waals surface area (Å²) in [6, 6.07) is 7.19. The Labute approximate surface area is 200 Å². The molecule has 0 bridgehead atoms. The van der Waals surface area contributed by atoms with Gasteiger partial charge in [0.15, 0.2) is 0 Å². The standard InChI is InChI=1S/C22H23F2IN8/c1-14(2)4-5-18-29-19(28-15-6-10-27-17(12-15)21(13-26)8-9-21)31-20(30-18)33-11-7-16(32-33)22(23,24)25-3/h6-7,10-12,14H,3-5,8-9H2,1-2H3,(H,27,28,29,30,31). The topological polar surface area (TPSA) is 105 Å². The summed E-state index contributed by atoms with van der Waals surface area (Å²) in [7, 11) is 0. The van der Waals surface area contributed by atoms with E-state index >= 15 is 0 Å². The minimum atomic E-state index is -3.02. The van der Waals surface area contributed by atoms with E-state index in [0.29, 0.717) is 29.5 Å². The summed E-state index contributed by atoms with van der Waals surface area (Å²) in [5, 5.41) is 16.6. The summed E-state index contributed by atoms with van der Waals surface area (Å²) in [5.41, 5.74) is 0.536. The van der Waals surface area contributed by atoms with E-state index in [1.165, 1.54) is 16.9 Å². The van der Waals surface area contributed by atoms with Gasteiger partial charge in [-0.25, -0.2) is 4.68 Å². The van der Waals surface area contributed by atoms with Crippen LogP contribution in [0.25, 0.3) is 5.95 Å². The van der Waals surface area contributed by atoms with Crippen molar-refractivity contribution >= 4 is 36.9 Å². The molecule has 3 heterocycles. The number of hydrogen-bond acceptors (Lipinski definition) is 7. The molecule has 3 aromatic rings. The van der Waals surface area contributed by atoms with Crippen LogP contribution in [0.3, 0.4) is 0 Å². The largest absolute Gasteiger partial charge is 0.334 e. The zero-order valence-electron chi connectivity index (χ0n) is 18.3. The van der Waals surface area contributed by atoms with E-state index in [-0.39, 0.29) is 17.6 Å². The third kappa shape index (κ3) is 5.21. The molecule has 1 aliphatic rings. The molecule has 0 saturated heterocycles. The number of rotatable bonds is 9. The molecule has 1 saturated carbocycles. The number of nitriles is 1. The number of halogens is 3. The first-order valence-electron chi connectivity index (χ1n) is 10.5. The summed E-state index contributed by atoms with van der Waals surface area (Å²) in [4.78, 5) is 17.7. The van der Waals surface area contributed by atoms with Gasteiger partial charge in [0.1, 0.15) is 11.5 Å². The molecule has 0 aromatic carbocycles. The lowest BCUT2D eigenvalue weighted by molar-refractivity contribution is 0.121. The maximum Gasteiger partial charge on any atom is 0.334 e. The Morgan fingerprint density at radius 3 is 2.76 bits per heavy atom. The zero-order valence-corrected chi connectivity index (χ0v) is 20.4. The van der Waals surface area contributed by atoms with E-state index in [4.69, 9.17) is 0 Å². The number of alkyl halides is 3. The van der Waals surface area contributed by atoms with E-state index in [0.717, 1.165) is 19.3 Å². The van der Waals surface area contributed by atoms with Crippen molar-refractivity contribution in [3.63, 3.8) is 0 Å². The highest BCUT2D eigenvalue weighted by Crippen LogP contribution is 2.47. The molecular formula is C22H23F2IN8. The fourth-order valence-corrected chi connectivity index (χ4v) is 3.88. The normalized spacial score (nSPS) is 14.8. The molecule has 11 heteroatoms. The van der Waals surface area contributed by atoms with Gasteiger partial charge in [0.05, 0.1) is 17.2 Å². The molecular weight excluding hydrogens is 541 g/mol. The Bertz CT molecular complexity index is 1210. The van der Waals surface area contributed by atoms with Crippen LogP contribution in [-0.4, -0.2) is 34.2 Å². The lowest BCUT2D eigenvalue weighted by atomic mass is 10.0. The van der Waals surface area contributed by atoms with Crippen LogP contribution >= 0.6 is 20.7 Å². The third-order valence-corrected chi connectivity index (χ3v) is 6.85. The molecule has 0 radical (unpaired) electrons. The van der Waals surface area contributed by atoms with Gasteiger partial charge < -0.3 is 5.32 Å². The van der Waals surface area contributed by atoms with Crippen molar-refractivity contribution in [3.8, 4) is 12.0 Å². The molecule has 0 spiro atoms. The Morgan fingerprint density at radius 1 is 1.30 bits per heavy atom. The third-order valence-electron chi connectivity index (χ3n) is 5.34. The maximum atomic E-state index is 14.1. The van der Waals surface area contributed by atoms with Gasteiger partial charge >= 0.3 is 3.93 Å². The summed E-state index contributed by atoms with van der Waals surface area (Å²) in [5.74, 6) is 1.40. The van der Waals surface area contributed by atoms with Crippen LogP contribution in [0, 0.1) is 17.2 Å². The maximum absolute atomic E-state index is 14.1. The van der Waals surface area contributed by atoms with E-state index in [9.17, 15) is 14.0 Å². The number of hydrogen-bond donors (Lipinski definition) is 1. The number of anilines is 2. The number of aryl methyl sites for hydroxylation is 1. The van der Waals surface area contributed by atoms with E-state index < -0.39 is 30.1 Å². The Kier molecular flexibility index (Phi) is 6.47. The number of aromatic nitrogens is 6. The molecule has 4 rings (SSSR count). The Morgan fingerprint density at radius 2 is 2.09 bits per heavy atom. The van der Waals surface area contributed by atoms with Crippen LogP contribution in [-0.2, 0) is 15.8 Å². The molecule has 1 fully saturated rings. The first-order valence-corrected chi connectivity index (χ1v) is 13.1. The molecule has 3 aromatic heterocycles. The van der Waals surface area contributed by atoms with E-state index in [1.807, 2.05) is 6.07 Å². The van der Waals surface area contributed by atoms with Gasteiger partial charge in [-0.3, -0.25) is 4.98 Å². The highest BCUT2D eigenvalue weighted by molar-refractivity contribution is 14.2. The highest BCUT2D eigenvalue weighted by atomic mass is 127. The van der Waals surface area contributed by atoms with Crippen LogP contribution in [0.15, 0.2) is 30.6 Å². The number of nitrogens with one attached hydrogen (secondary N) is 1. The van der Waals surface area contributed by atoms with Gasteiger partial charge in [-0.15, -0.1) is 0 Å². The van der Waals surface area contributed by atoms with Crippen LogP contribution in [0.2, 0.25) is 0 Å². The van der Waals surface area contributed by atoms with Crippen LogP contribution in [0.4, 0.5) is 20.4 Å². The zero-order chi connectivity index (χ0) is 23.6. The quantitative estimate of drug-likeness (QED) is 0.294. The van der Waals surface area contributed by atoms with Crippen LogP contribution in [0.5, 0.6) is 0 Å². The smallest absolute Gasteiger partial charge is 0.324 e. The fourth-order valence-electron chi connectivity index (χ4n) is 3.20. The van der Waals surface area contributed by atoms with Crippen molar-refractivity contribution in [1.82, 2.24) is 29.7 Å². The SMILES string of the molecule is C=IC(F)(F)c1ccn(-c2nc(CCC(C)C)nc(Nc3ccnc(C4(C#N)CC4)c3)n2)n1. The lowest BCUT2D eigenvalue weighted by Crippen LogP contribution is -2.12. The van der Waals surface area contributed by atoms with Gasteiger partial charge in [-0.2, -0.15) is 34.1 Å². The van der Waals surface area contributed by atoms with E-state index in [2.05, 4.69) is 54.8 Å². The molecule has 172 valence electrons. The molecule has 0 amide bonds. The second-order valence-corrected chi connectivity index (χ2v) is 10.5. The molecule has 1 N–H and O–H groups in total. The van der Waals surface area contributed by atoms with Crippen molar-refractivity contribution in [2.24, 2.45) is 5.92 Å². The van der Waals surface area contributed by atoms with Gasteiger partial charge in [0.2, 0.25) is 5.95 Å². The van der Waals surface area contributed by atoms with Crippen LogP contribution in [0.1, 0.15) is 50.3 Å². The average Bonchev–Trinajstić information content (AvgIpc) is 3.44. The van der Waals surface area contributed by atoms with Crippen molar-refractivity contribution in [2.75, 3.05) is 5.32 Å². The number of nitrogens with zero attached hydrogens (tertiary/aromatic N) is 7. The molecule has 0 atom stereocenters. The first-order chi connectivity index (χ1) is 15.7. The van der Waals surface area contributed by atoms with E-state index in [1.54, 1.807) is 12.3 Å². The van der Waals surface area contributed by atoms with Crippen molar-refractivity contribution in [1.29, 1.82) is 5.26 Å². The van der Waals surface area contributed by atoms with Gasteiger partial charge in [-0.05, 0) is 64.1 Å². The number of pyridine rings is 1. The summed E-state index contributed by atoms with van der Waals surface area (Å²) in [6.45, 7) is 4.21. The molecule has 33 heavy (non-hydrogen) atoms. The summed E-state index contributed by atoms with van der Waals surface area (Å²) < 4.78 is 29.7. The first kappa shape index (κ1) is 23.3. The minimum Gasteiger partial charge on any atom is -0.324 e. The second-order valence-electron chi connectivity index (χ2n) is 8.33. The van der Waals surface area contributed by atoms with Gasteiger partial charge in [0.25, 0.3) is 5.95 Å². The predicted molar refractivity (Wildman–Crippen MR) is 129 cm³/mol. The lowest BCUT2D eigenvalue weighted by Gasteiger charge is -2.12. The Balaban J connectivity index is 1.67. The van der Waals surface area contributed by atoms with Crippen molar-refractivity contribution in [2.45, 2.75) is 48.9 Å². The molecule has 8 nitrogen and oxygen atoms in total. The Hall–Kier alpha value is -2.88. The monoisotopic (exact) mass is 564 g/mol. The second kappa shape index (κ2) is 9.17. The summed E-state index contributed by atoms with van der Waals surface area (Å²) >= 11 is -1.60. The fraction of sp³-hybridized carbons (Fsp3) is 0.409. The van der Waals surface area contributed by atoms with Crippen molar-refractivity contribution in [3.05, 3.63) is 47.8 Å². The van der Waals surface area contributed by atoms with Crippen LogP contribution < -0.4 is 5.32 Å². The molecule has 0 aliphatic heterocycles. The van der Waals surface area contributed by atoms with Gasteiger partial charge in [0, 0.05) is 24.5 Å². The predicted octanol–water partition coefficient (Wildman–Crippen LogP) is 4.79. The minimum absolute atomic E-state index is 0.153. The van der Waals surface area contributed by atoms with Gasteiger partial charge in [-0.1, -0.05) is 18.4 Å². The van der Waals surface area contributed by atoms with Crippen molar-refractivity contribution < 1.29 is 8.78 Å².